The van der Waals surface area contributed by atoms with Gasteiger partial charge in [-0.3, -0.25) is 4.79 Å². The molecular formula is C25H23N3O2S2. The smallest absolute Gasteiger partial charge is 0.254 e. The molecule has 2 fully saturated rings. The number of thioether (sulfide) groups is 1. The summed E-state index contributed by atoms with van der Waals surface area (Å²) in [6.45, 7) is 0. The first-order valence-corrected chi connectivity index (χ1v) is 12.7. The van der Waals surface area contributed by atoms with E-state index in [9.17, 15) is 4.79 Å². The first kappa shape index (κ1) is 21.0. The highest BCUT2D eigenvalue weighted by Gasteiger charge is 2.44. The van der Waals surface area contributed by atoms with Crippen molar-refractivity contribution in [2.45, 2.75) is 54.0 Å². The zero-order valence-electron chi connectivity index (χ0n) is 17.5. The fourth-order valence-electron chi connectivity index (χ4n) is 4.71. The van der Waals surface area contributed by atoms with E-state index >= 15 is 0 Å². The highest BCUT2D eigenvalue weighted by molar-refractivity contribution is 8.00. The number of amides is 1. The average molecular weight is 462 g/mol. The van der Waals surface area contributed by atoms with Gasteiger partial charge in [-0.25, -0.2) is 4.98 Å². The number of hydrogen-bond donors (Lipinski definition) is 0. The van der Waals surface area contributed by atoms with Crippen molar-refractivity contribution >= 4 is 29.0 Å². The number of thiazole rings is 1. The van der Waals surface area contributed by atoms with Gasteiger partial charge in [-0.05, 0) is 48.7 Å². The van der Waals surface area contributed by atoms with E-state index in [0.717, 1.165) is 47.1 Å². The van der Waals surface area contributed by atoms with Crippen molar-refractivity contribution in [3.05, 3.63) is 76.8 Å². The molecule has 0 spiro atoms. The molecule has 162 valence electrons. The van der Waals surface area contributed by atoms with Gasteiger partial charge in [0.05, 0.1) is 11.6 Å². The molecule has 7 heteroatoms. The number of carbonyl (C=O) groups is 1. The van der Waals surface area contributed by atoms with Crippen LogP contribution in [0.5, 0.6) is 5.75 Å². The van der Waals surface area contributed by atoms with Crippen LogP contribution in [0, 0.1) is 11.3 Å². The third-order valence-electron chi connectivity index (χ3n) is 6.16. The zero-order chi connectivity index (χ0) is 21.9. The Kier molecular flexibility index (Phi) is 6.15. The molecule has 1 amide bonds. The van der Waals surface area contributed by atoms with Gasteiger partial charge in [0.2, 0.25) is 0 Å². The van der Waals surface area contributed by atoms with Crippen molar-refractivity contribution in [1.82, 2.24) is 9.88 Å². The van der Waals surface area contributed by atoms with E-state index in [2.05, 4.69) is 16.0 Å². The second-order valence-corrected chi connectivity index (χ2v) is 10.3. The van der Waals surface area contributed by atoms with E-state index in [0.29, 0.717) is 5.56 Å². The lowest BCUT2D eigenvalue weighted by atomic mass is 9.98. The van der Waals surface area contributed by atoms with Crippen molar-refractivity contribution in [1.29, 1.82) is 5.26 Å². The zero-order valence-corrected chi connectivity index (χ0v) is 19.1. The SMILES string of the molecule is N#Cc1cccc(OC2CC3CCC(C2)N3C(=O)c2ccc(CSc3nccs3)cc2)c1. The van der Waals surface area contributed by atoms with Crippen LogP contribution in [-0.4, -0.2) is 34.0 Å². The molecule has 0 saturated carbocycles. The number of hydrogen-bond acceptors (Lipinski definition) is 6. The third-order valence-corrected chi connectivity index (χ3v) is 8.20. The van der Waals surface area contributed by atoms with Crippen LogP contribution in [0.3, 0.4) is 0 Å². The van der Waals surface area contributed by atoms with Crippen molar-refractivity contribution in [3.8, 4) is 11.8 Å². The second-order valence-electron chi connectivity index (χ2n) is 8.23. The molecule has 1 aromatic heterocycles. The predicted octanol–water partition coefficient (Wildman–Crippen LogP) is 5.52. The normalized spacial score (nSPS) is 21.8. The number of benzene rings is 2. The Bertz CT molecular complexity index is 1110. The van der Waals surface area contributed by atoms with Crippen LogP contribution in [-0.2, 0) is 5.75 Å². The third kappa shape index (κ3) is 4.52. The lowest BCUT2D eigenvalue weighted by Gasteiger charge is -2.39. The van der Waals surface area contributed by atoms with Crippen molar-refractivity contribution in [2.24, 2.45) is 0 Å². The number of nitrogens with zero attached hydrogens (tertiary/aromatic N) is 3. The molecule has 2 aliphatic heterocycles. The summed E-state index contributed by atoms with van der Waals surface area (Å²) >= 11 is 3.36. The van der Waals surface area contributed by atoms with Gasteiger partial charge >= 0.3 is 0 Å². The Morgan fingerprint density at radius 3 is 2.66 bits per heavy atom. The molecule has 5 rings (SSSR count). The lowest BCUT2D eigenvalue weighted by Crippen LogP contribution is -2.49. The molecule has 32 heavy (non-hydrogen) atoms. The van der Waals surface area contributed by atoms with Gasteiger partial charge < -0.3 is 9.64 Å². The topological polar surface area (TPSA) is 66.2 Å². The van der Waals surface area contributed by atoms with E-state index in [1.54, 1.807) is 35.2 Å². The monoisotopic (exact) mass is 461 g/mol. The Balaban J connectivity index is 1.21. The summed E-state index contributed by atoms with van der Waals surface area (Å²) in [4.78, 5) is 19.7. The summed E-state index contributed by atoms with van der Waals surface area (Å²) in [5, 5.41) is 11.1. The van der Waals surface area contributed by atoms with Gasteiger partial charge in [0, 0.05) is 47.8 Å². The van der Waals surface area contributed by atoms with Gasteiger partial charge in [-0.15, -0.1) is 11.3 Å². The van der Waals surface area contributed by atoms with Gasteiger partial charge in [-0.2, -0.15) is 5.26 Å². The number of fused-ring (bicyclic) bond motifs is 2. The van der Waals surface area contributed by atoms with Crippen LogP contribution in [0.4, 0.5) is 0 Å². The first-order valence-electron chi connectivity index (χ1n) is 10.8. The quantitative estimate of drug-likeness (QED) is 0.452. The van der Waals surface area contributed by atoms with Gasteiger partial charge in [-0.1, -0.05) is 30.0 Å². The molecular weight excluding hydrogens is 438 g/mol. The van der Waals surface area contributed by atoms with Crippen LogP contribution >= 0.6 is 23.1 Å². The molecule has 2 atom stereocenters. The maximum absolute atomic E-state index is 13.3. The number of nitriles is 1. The van der Waals surface area contributed by atoms with Crippen molar-refractivity contribution in [2.75, 3.05) is 0 Å². The Morgan fingerprint density at radius 2 is 1.97 bits per heavy atom. The summed E-state index contributed by atoms with van der Waals surface area (Å²) in [7, 11) is 0. The summed E-state index contributed by atoms with van der Waals surface area (Å²) in [6, 6.07) is 17.9. The molecule has 3 heterocycles. The maximum atomic E-state index is 13.3. The molecule has 2 bridgehead atoms. The molecule has 2 saturated heterocycles. The minimum Gasteiger partial charge on any atom is -0.490 e. The number of rotatable bonds is 6. The molecule has 0 N–H and O–H groups in total. The van der Waals surface area contributed by atoms with Gasteiger partial charge in [0.1, 0.15) is 16.2 Å². The summed E-state index contributed by atoms with van der Waals surface area (Å²) < 4.78 is 7.25. The Morgan fingerprint density at radius 1 is 1.19 bits per heavy atom. The Labute approximate surface area is 196 Å². The Hall–Kier alpha value is -2.82. The molecule has 2 aliphatic rings. The summed E-state index contributed by atoms with van der Waals surface area (Å²) in [6.07, 6.45) is 5.62. The van der Waals surface area contributed by atoms with E-state index in [-0.39, 0.29) is 24.1 Å². The first-order chi connectivity index (χ1) is 15.7. The molecule has 2 aromatic carbocycles. The van der Waals surface area contributed by atoms with E-state index in [4.69, 9.17) is 10.00 Å². The minimum atomic E-state index is 0.0794. The predicted molar refractivity (Wildman–Crippen MR) is 126 cm³/mol. The maximum Gasteiger partial charge on any atom is 0.254 e. The van der Waals surface area contributed by atoms with Crippen LogP contribution < -0.4 is 4.74 Å². The minimum absolute atomic E-state index is 0.0794. The highest BCUT2D eigenvalue weighted by atomic mass is 32.2. The van der Waals surface area contributed by atoms with Crippen LogP contribution in [0.2, 0.25) is 0 Å². The number of piperidine rings is 1. The van der Waals surface area contributed by atoms with Crippen molar-refractivity contribution in [3.63, 3.8) is 0 Å². The van der Waals surface area contributed by atoms with Crippen LogP contribution in [0.25, 0.3) is 0 Å². The number of ether oxygens (including phenoxy) is 1. The van der Waals surface area contributed by atoms with E-state index < -0.39 is 0 Å². The standard InChI is InChI=1S/C25H23N3O2S2/c26-15-18-2-1-3-22(12-18)30-23-13-20-8-9-21(14-23)28(20)24(29)19-6-4-17(5-7-19)16-32-25-27-10-11-31-25/h1-7,10-12,20-21,23H,8-9,13-14,16H2. The number of carbonyl (C=O) groups excluding carboxylic acids is 1. The molecule has 0 aliphatic carbocycles. The summed E-state index contributed by atoms with van der Waals surface area (Å²) in [5.74, 6) is 1.71. The van der Waals surface area contributed by atoms with Gasteiger partial charge in [0.25, 0.3) is 5.91 Å². The molecule has 2 unspecified atom stereocenters. The highest BCUT2D eigenvalue weighted by Crippen LogP contribution is 2.38. The fourth-order valence-corrected chi connectivity index (χ4v) is 6.30. The van der Waals surface area contributed by atoms with Crippen LogP contribution in [0.1, 0.15) is 47.2 Å². The van der Waals surface area contributed by atoms with Crippen molar-refractivity contribution < 1.29 is 9.53 Å². The van der Waals surface area contributed by atoms with E-state index in [1.807, 2.05) is 48.0 Å². The lowest BCUT2D eigenvalue weighted by molar-refractivity contribution is 0.0359. The summed E-state index contributed by atoms with van der Waals surface area (Å²) in [5.41, 5.74) is 2.55. The molecule has 0 radical (unpaired) electrons. The fraction of sp³-hybridized carbons (Fsp3) is 0.320. The molecule has 5 nitrogen and oxygen atoms in total. The largest absolute Gasteiger partial charge is 0.490 e. The van der Waals surface area contributed by atoms with E-state index in [1.165, 1.54) is 5.56 Å². The van der Waals surface area contributed by atoms with Gasteiger partial charge in [0.15, 0.2) is 0 Å². The van der Waals surface area contributed by atoms with Crippen LogP contribution in [0.15, 0.2) is 64.4 Å². The molecule has 3 aromatic rings. The number of aromatic nitrogens is 1. The second kappa shape index (κ2) is 9.35. The average Bonchev–Trinajstić information content (AvgIpc) is 3.44.